The largest absolute Gasteiger partial charge is 0.490 e. The van der Waals surface area contributed by atoms with Crippen molar-refractivity contribution >= 4 is 33.4 Å². The number of rotatable bonds is 7. The van der Waals surface area contributed by atoms with Crippen LogP contribution in [0.5, 0.6) is 5.75 Å². The number of methoxy groups -OCH3 is 1. The minimum absolute atomic E-state index is 0.161. The number of halogens is 1. The molecule has 10 heteroatoms. The van der Waals surface area contributed by atoms with Crippen molar-refractivity contribution in [3.63, 3.8) is 0 Å². The Morgan fingerprint density at radius 2 is 1.81 bits per heavy atom. The molecule has 2 aromatic carbocycles. The zero-order valence-electron chi connectivity index (χ0n) is 14.2. The number of nitro benzene ring substituents is 1. The number of carbonyl (C=O) groups is 2. The molecule has 9 nitrogen and oxygen atoms in total. The van der Waals surface area contributed by atoms with Gasteiger partial charge in [0, 0.05) is 18.7 Å². The predicted octanol–water partition coefficient (Wildman–Crippen LogP) is 2.46. The molecule has 0 radical (unpaired) electrons. The van der Waals surface area contributed by atoms with Crippen molar-refractivity contribution in [3.05, 3.63) is 68.2 Å². The van der Waals surface area contributed by atoms with Crippen LogP contribution in [0.4, 0.5) is 5.69 Å². The van der Waals surface area contributed by atoms with Crippen LogP contribution < -0.4 is 15.6 Å². The minimum atomic E-state index is -0.797. The van der Waals surface area contributed by atoms with Crippen LogP contribution in [0.15, 0.2) is 46.9 Å². The van der Waals surface area contributed by atoms with Crippen molar-refractivity contribution in [2.45, 2.75) is 0 Å². The maximum absolute atomic E-state index is 12.2. The summed E-state index contributed by atoms with van der Waals surface area (Å²) in [5.74, 6) is -0.854. The molecule has 2 rings (SSSR count). The number of nitrogens with one attached hydrogen (secondary N) is 2. The van der Waals surface area contributed by atoms with Gasteiger partial charge in [-0.2, -0.15) is 0 Å². The van der Waals surface area contributed by atoms with E-state index in [9.17, 15) is 19.7 Å². The first-order valence-electron chi connectivity index (χ1n) is 7.69. The number of hydrogen-bond acceptors (Lipinski definition) is 6. The lowest BCUT2D eigenvalue weighted by atomic mass is 10.2. The first-order chi connectivity index (χ1) is 12.9. The molecule has 0 bridgehead atoms. The molecule has 0 heterocycles. The summed E-state index contributed by atoms with van der Waals surface area (Å²) in [7, 11) is 1.56. The summed E-state index contributed by atoms with van der Waals surface area (Å²) in [6.45, 7) is 0.777. The lowest BCUT2D eigenvalue weighted by molar-refractivity contribution is -0.385. The van der Waals surface area contributed by atoms with Gasteiger partial charge < -0.3 is 9.47 Å². The molecular weight excluding hydrogens is 422 g/mol. The average molecular weight is 438 g/mol. The van der Waals surface area contributed by atoms with Crippen LogP contribution >= 0.6 is 15.9 Å². The number of ether oxygens (including phenoxy) is 2. The lowest BCUT2D eigenvalue weighted by Crippen LogP contribution is -2.41. The Kier molecular flexibility index (Phi) is 7.26. The van der Waals surface area contributed by atoms with Gasteiger partial charge in [-0.3, -0.25) is 30.6 Å². The van der Waals surface area contributed by atoms with Gasteiger partial charge in [-0.05, 0) is 40.2 Å². The fourth-order valence-corrected chi connectivity index (χ4v) is 2.57. The van der Waals surface area contributed by atoms with Crippen LogP contribution in [0.3, 0.4) is 0 Å². The molecule has 142 valence electrons. The highest BCUT2D eigenvalue weighted by molar-refractivity contribution is 9.10. The molecule has 0 aliphatic rings. The van der Waals surface area contributed by atoms with Gasteiger partial charge in [-0.1, -0.05) is 12.1 Å². The van der Waals surface area contributed by atoms with Gasteiger partial charge in [0.05, 0.1) is 16.0 Å². The van der Waals surface area contributed by atoms with Gasteiger partial charge in [0.25, 0.3) is 17.5 Å². The molecule has 2 N–H and O–H groups in total. The summed E-state index contributed by atoms with van der Waals surface area (Å²) < 4.78 is 10.9. The predicted molar refractivity (Wildman–Crippen MR) is 99.5 cm³/mol. The topological polar surface area (TPSA) is 120 Å². The third-order valence-corrected chi connectivity index (χ3v) is 3.99. The Balaban J connectivity index is 2.00. The van der Waals surface area contributed by atoms with Gasteiger partial charge in [0.1, 0.15) is 17.9 Å². The smallest absolute Gasteiger partial charge is 0.282 e. The summed E-state index contributed by atoms with van der Waals surface area (Å²) in [5.41, 5.74) is 4.12. The zero-order chi connectivity index (χ0) is 19.8. The van der Waals surface area contributed by atoms with Crippen LogP contribution in [0, 0.1) is 10.1 Å². The molecule has 0 aliphatic carbocycles. The highest BCUT2D eigenvalue weighted by Crippen LogP contribution is 2.26. The van der Waals surface area contributed by atoms with E-state index < -0.39 is 16.7 Å². The highest BCUT2D eigenvalue weighted by atomic mass is 79.9. The molecule has 0 saturated heterocycles. The summed E-state index contributed by atoms with van der Waals surface area (Å²) in [5, 5.41) is 11.0. The van der Waals surface area contributed by atoms with E-state index in [0.29, 0.717) is 23.4 Å². The fraction of sp³-hybridized carbons (Fsp3) is 0.176. The van der Waals surface area contributed by atoms with E-state index in [0.717, 1.165) is 0 Å². The summed E-state index contributed by atoms with van der Waals surface area (Å²) in [4.78, 5) is 34.6. The van der Waals surface area contributed by atoms with E-state index in [-0.39, 0.29) is 16.8 Å². The van der Waals surface area contributed by atoms with Gasteiger partial charge in [0.2, 0.25) is 0 Å². The summed E-state index contributed by atoms with van der Waals surface area (Å²) >= 11 is 3.30. The number of nitro groups is 1. The monoisotopic (exact) mass is 437 g/mol. The first kappa shape index (κ1) is 20.3. The number of amides is 2. The van der Waals surface area contributed by atoms with Crippen molar-refractivity contribution in [2.24, 2.45) is 0 Å². The van der Waals surface area contributed by atoms with Gasteiger partial charge in [-0.25, -0.2) is 0 Å². The van der Waals surface area contributed by atoms with E-state index in [1.807, 2.05) is 0 Å². The summed E-state index contributed by atoms with van der Waals surface area (Å²) in [6.07, 6.45) is 0. The Morgan fingerprint density at radius 1 is 1.11 bits per heavy atom. The number of hydrazine groups is 1. The van der Waals surface area contributed by atoms with Crippen LogP contribution in [0.2, 0.25) is 0 Å². The summed E-state index contributed by atoms with van der Waals surface area (Å²) in [6, 6.07) is 10.1. The van der Waals surface area contributed by atoms with E-state index >= 15 is 0 Å². The highest BCUT2D eigenvalue weighted by Gasteiger charge is 2.19. The zero-order valence-corrected chi connectivity index (χ0v) is 15.8. The molecule has 2 aromatic rings. The van der Waals surface area contributed by atoms with Crippen molar-refractivity contribution in [1.29, 1.82) is 0 Å². The standard InChI is InChI=1S/C17H16BrN3O6/c1-26-8-9-27-15-7-6-11(10-13(15)18)16(22)19-20-17(23)12-4-2-3-5-14(12)21(24)25/h2-7,10H,8-9H2,1H3,(H,19,22)(H,20,23). The SMILES string of the molecule is COCCOc1ccc(C(=O)NNC(=O)c2ccccc2[N+](=O)[O-])cc1Br. The minimum Gasteiger partial charge on any atom is -0.490 e. The Bertz CT molecular complexity index is 858. The molecule has 0 spiro atoms. The quantitative estimate of drug-likeness (QED) is 0.389. The first-order valence-corrected chi connectivity index (χ1v) is 8.48. The molecule has 0 fully saturated rings. The third-order valence-electron chi connectivity index (χ3n) is 3.37. The normalized spacial score (nSPS) is 10.1. The average Bonchev–Trinajstić information content (AvgIpc) is 2.67. The second kappa shape index (κ2) is 9.64. The Hall–Kier alpha value is -2.98. The third kappa shape index (κ3) is 5.50. The van der Waals surface area contributed by atoms with Crippen molar-refractivity contribution in [2.75, 3.05) is 20.3 Å². The number of benzene rings is 2. The maximum atomic E-state index is 12.2. The van der Waals surface area contributed by atoms with Crippen molar-refractivity contribution in [1.82, 2.24) is 10.9 Å². The lowest BCUT2D eigenvalue weighted by Gasteiger charge is -2.10. The van der Waals surface area contributed by atoms with E-state index in [2.05, 4.69) is 26.8 Å². The van der Waals surface area contributed by atoms with E-state index in [1.54, 1.807) is 13.2 Å². The fourth-order valence-electron chi connectivity index (χ4n) is 2.07. The molecule has 0 aliphatic heterocycles. The van der Waals surface area contributed by atoms with Crippen LogP contribution in [0.25, 0.3) is 0 Å². The van der Waals surface area contributed by atoms with Crippen molar-refractivity contribution in [3.8, 4) is 5.75 Å². The number of nitrogens with zero attached hydrogens (tertiary/aromatic N) is 1. The van der Waals surface area contributed by atoms with Gasteiger partial charge >= 0.3 is 0 Å². The molecule has 0 atom stereocenters. The second-order valence-corrected chi connectivity index (χ2v) is 6.02. The maximum Gasteiger partial charge on any atom is 0.282 e. The van der Waals surface area contributed by atoms with Crippen molar-refractivity contribution < 1.29 is 24.0 Å². The van der Waals surface area contributed by atoms with E-state index in [1.165, 1.54) is 36.4 Å². The Labute approximate surface area is 162 Å². The number of para-hydroxylation sites is 1. The Morgan fingerprint density at radius 3 is 2.48 bits per heavy atom. The molecule has 2 amide bonds. The van der Waals surface area contributed by atoms with E-state index in [4.69, 9.17) is 9.47 Å². The molecule has 27 heavy (non-hydrogen) atoms. The second-order valence-electron chi connectivity index (χ2n) is 5.17. The van der Waals surface area contributed by atoms with Crippen LogP contribution in [-0.2, 0) is 4.74 Å². The molecule has 0 unspecified atom stereocenters. The molecule has 0 aromatic heterocycles. The van der Waals surface area contributed by atoms with Gasteiger partial charge in [-0.15, -0.1) is 0 Å². The number of hydrogen-bond donors (Lipinski definition) is 2. The van der Waals surface area contributed by atoms with Crippen LogP contribution in [0.1, 0.15) is 20.7 Å². The van der Waals surface area contributed by atoms with Gasteiger partial charge in [0.15, 0.2) is 0 Å². The molecular formula is C17H16BrN3O6. The van der Waals surface area contributed by atoms with Crippen LogP contribution in [-0.4, -0.2) is 37.1 Å². The number of carbonyl (C=O) groups excluding carboxylic acids is 2. The molecule has 0 saturated carbocycles.